The Morgan fingerprint density at radius 1 is 1.12 bits per heavy atom. The van der Waals surface area contributed by atoms with Gasteiger partial charge < -0.3 is 20.7 Å². The van der Waals surface area contributed by atoms with E-state index in [2.05, 4.69) is 15.4 Å². The first-order valence-corrected chi connectivity index (χ1v) is 10.1. The number of pyridine rings is 1. The lowest BCUT2D eigenvalue weighted by atomic mass is 10.1. The Labute approximate surface area is 183 Å². The third-order valence-electron chi connectivity index (χ3n) is 5.39. The Balaban J connectivity index is 1.38. The fourth-order valence-corrected chi connectivity index (χ4v) is 3.60. The average Bonchev–Trinajstić information content (AvgIpc) is 3.18. The zero-order chi connectivity index (χ0) is 22.2. The summed E-state index contributed by atoms with van der Waals surface area (Å²) in [5.41, 5.74) is 10.2. The number of nitrogens with zero attached hydrogens (tertiary/aromatic N) is 4. The number of nitrogens with one attached hydrogen (secondary N) is 1. The third kappa shape index (κ3) is 3.68. The largest absolute Gasteiger partial charge is 0.495 e. The van der Waals surface area contributed by atoms with Gasteiger partial charge in [-0.25, -0.2) is 8.91 Å². The number of benzene rings is 2. The van der Waals surface area contributed by atoms with E-state index in [0.717, 1.165) is 11.1 Å². The molecule has 2 aromatic heterocycles. The van der Waals surface area contributed by atoms with Gasteiger partial charge in [-0.3, -0.25) is 4.79 Å². The minimum absolute atomic E-state index is 0.130. The lowest BCUT2D eigenvalue weighted by Gasteiger charge is -2.34. The molecule has 0 aliphatic carbocycles. The van der Waals surface area contributed by atoms with Crippen molar-refractivity contribution in [1.29, 1.82) is 0 Å². The molecule has 4 aromatic rings. The lowest BCUT2D eigenvalue weighted by molar-refractivity contribution is 0.0400. The second kappa shape index (κ2) is 7.84. The van der Waals surface area contributed by atoms with Gasteiger partial charge >= 0.3 is 0 Å². The maximum atomic E-state index is 13.1. The van der Waals surface area contributed by atoms with Crippen LogP contribution in [0.15, 0.2) is 60.8 Å². The first-order valence-electron chi connectivity index (χ1n) is 10.1. The molecule has 162 valence electrons. The molecule has 5 rings (SSSR count). The number of amides is 1. The number of halogens is 1. The predicted molar refractivity (Wildman–Crippen MR) is 120 cm³/mol. The maximum absolute atomic E-state index is 13.1. The van der Waals surface area contributed by atoms with Gasteiger partial charge in [0, 0.05) is 23.0 Å². The molecule has 0 unspecified atom stereocenters. The number of likely N-dealkylation sites (tertiary alicyclic amines) is 1. The van der Waals surface area contributed by atoms with Crippen molar-refractivity contribution in [2.24, 2.45) is 0 Å². The van der Waals surface area contributed by atoms with Crippen LogP contribution in [0.2, 0.25) is 0 Å². The Bertz CT molecular complexity index is 1300. The summed E-state index contributed by atoms with van der Waals surface area (Å²) in [5.74, 6) is 0.638. The van der Waals surface area contributed by atoms with E-state index in [-0.39, 0.29) is 19.0 Å². The molecule has 0 spiro atoms. The minimum Gasteiger partial charge on any atom is -0.495 e. The van der Waals surface area contributed by atoms with Gasteiger partial charge in [0.1, 0.15) is 11.9 Å². The second-order valence-corrected chi connectivity index (χ2v) is 7.63. The molecule has 9 heteroatoms. The van der Waals surface area contributed by atoms with Crippen LogP contribution in [0.5, 0.6) is 5.75 Å². The topological polar surface area (TPSA) is 97.8 Å². The Morgan fingerprint density at radius 2 is 1.88 bits per heavy atom. The summed E-state index contributed by atoms with van der Waals surface area (Å²) in [5, 5.41) is 7.64. The van der Waals surface area contributed by atoms with E-state index in [4.69, 9.17) is 10.5 Å². The highest BCUT2D eigenvalue weighted by Crippen LogP contribution is 2.29. The van der Waals surface area contributed by atoms with E-state index in [1.54, 1.807) is 22.7 Å². The van der Waals surface area contributed by atoms with Crippen molar-refractivity contribution >= 4 is 28.9 Å². The fourth-order valence-electron chi connectivity index (χ4n) is 3.60. The van der Waals surface area contributed by atoms with Crippen LogP contribution in [-0.4, -0.2) is 51.8 Å². The SMILES string of the molecule is COc1cc(C(=O)N2CC(F)C2)ccc1Nc1nc2ccc(-c3ccc(N)cc3)cn2n1. The maximum Gasteiger partial charge on any atom is 0.254 e. The molecule has 0 saturated carbocycles. The summed E-state index contributed by atoms with van der Waals surface area (Å²) in [6, 6.07) is 16.5. The molecule has 8 nitrogen and oxygen atoms in total. The number of alkyl halides is 1. The van der Waals surface area contributed by atoms with E-state index in [0.29, 0.717) is 34.3 Å². The van der Waals surface area contributed by atoms with Crippen molar-refractivity contribution in [3.05, 3.63) is 66.4 Å². The molecule has 3 N–H and O–H groups in total. The molecule has 2 aromatic carbocycles. The summed E-state index contributed by atoms with van der Waals surface area (Å²) in [6.45, 7) is 0.259. The van der Waals surface area contributed by atoms with Crippen LogP contribution in [-0.2, 0) is 0 Å². The summed E-state index contributed by atoms with van der Waals surface area (Å²) in [6.07, 6.45) is 0.951. The zero-order valence-corrected chi connectivity index (χ0v) is 17.3. The van der Waals surface area contributed by atoms with Crippen molar-refractivity contribution in [2.75, 3.05) is 31.2 Å². The van der Waals surface area contributed by atoms with Gasteiger partial charge in [0.15, 0.2) is 5.65 Å². The summed E-state index contributed by atoms with van der Waals surface area (Å²) >= 11 is 0. The van der Waals surface area contributed by atoms with Gasteiger partial charge in [-0.2, -0.15) is 4.98 Å². The Kier molecular flexibility index (Phi) is 4.85. The van der Waals surface area contributed by atoms with Crippen LogP contribution in [0, 0.1) is 0 Å². The monoisotopic (exact) mass is 432 g/mol. The molecule has 1 fully saturated rings. The molecule has 0 radical (unpaired) electrons. The van der Waals surface area contributed by atoms with Crippen LogP contribution < -0.4 is 15.8 Å². The molecule has 0 atom stereocenters. The van der Waals surface area contributed by atoms with Crippen molar-refractivity contribution in [2.45, 2.75) is 6.17 Å². The normalized spacial score (nSPS) is 13.8. The summed E-state index contributed by atoms with van der Waals surface area (Å²) in [7, 11) is 1.52. The van der Waals surface area contributed by atoms with E-state index in [1.165, 1.54) is 12.0 Å². The summed E-state index contributed by atoms with van der Waals surface area (Å²) in [4.78, 5) is 18.4. The van der Waals surface area contributed by atoms with Crippen LogP contribution in [0.1, 0.15) is 10.4 Å². The highest BCUT2D eigenvalue weighted by Gasteiger charge is 2.31. The number of anilines is 3. The van der Waals surface area contributed by atoms with E-state index in [9.17, 15) is 9.18 Å². The minimum atomic E-state index is -0.941. The Morgan fingerprint density at radius 3 is 2.59 bits per heavy atom. The number of ether oxygens (including phenoxy) is 1. The van der Waals surface area contributed by atoms with E-state index >= 15 is 0 Å². The van der Waals surface area contributed by atoms with Gasteiger partial charge in [-0.15, -0.1) is 5.10 Å². The van der Waals surface area contributed by atoms with Crippen LogP contribution in [0.4, 0.5) is 21.7 Å². The second-order valence-electron chi connectivity index (χ2n) is 7.63. The van der Waals surface area contributed by atoms with Crippen molar-refractivity contribution in [1.82, 2.24) is 19.5 Å². The quantitative estimate of drug-likeness (QED) is 0.468. The number of rotatable bonds is 5. The molecular formula is C23H21FN6O2. The highest BCUT2D eigenvalue weighted by molar-refractivity contribution is 5.96. The first kappa shape index (κ1) is 19.8. The van der Waals surface area contributed by atoms with Crippen molar-refractivity contribution < 1.29 is 13.9 Å². The third-order valence-corrected chi connectivity index (χ3v) is 5.39. The van der Waals surface area contributed by atoms with Gasteiger partial charge in [0.2, 0.25) is 5.95 Å². The number of fused-ring (bicyclic) bond motifs is 1. The van der Waals surface area contributed by atoms with Crippen molar-refractivity contribution in [3.8, 4) is 16.9 Å². The first-order chi connectivity index (χ1) is 15.5. The molecule has 1 saturated heterocycles. The number of carbonyl (C=O) groups is 1. The van der Waals surface area contributed by atoms with Crippen molar-refractivity contribution in [3.63, 3.8) is 0 Å². The molecule has 3 heterocycles. The highest BCUT2D eigenvalue weighted by atomic mass is 19.1. The van der Waals surface area contributed by atoms with Gasteiger partial charge in [-0.1, -0.05) is 12.1 Å². The molecule has 32 heavy (non-hydrogen) atoms. The fraction of sp³-hybridized carbons (Fsp3) is 0.174. The molecule has 0 bridgehead atoms. The van der Waals surface area contributed by atoms with Crippen LogP contribution in [0.3, 0.4) is 0 Å². The number of aromatic nitrogens is 3. The van der Waals surface area contributed by atoms with Gasteiger partial charge in [0.25, 0.3) is 5.91 Å². The van der Waals surface area contributed by atoms with Gasteiger partial charge in [0.05, 0.1) is 25.9 Å². The smallest absolute Gasteiger partial charge is 0.254 e. The zero-order valence-electron chi connectivity index (χ0n) is 17.3. The number of nitrogen functional groups attached to an aromatic ring is 1. The average molecular weight is 432 g/mol. The Hall–Kier alpha value is -4.14. The van der Waals surface area contributed by atoms with E-state index in [1.807, 2.05) is 42.6 Å². The summed E-state index contributed by atoms with van der Waals surface area (Å²) < 4.78 is 20.2. The number of nitrogens with two attached hydrogens (primary N) is 1. The predicted octanol–water partition coefficient (Wildman–Crippen LogP) is 3.52. The van der Waals surface area contributed by atoms with Gasteiger partial charge in [-0.05, 0) is 48.0 Å². The number of carbonyl (C=O) groups excluding carboxylic acids is 1. The molecular weight excluding hydrogens is 411 g/mol. The number of methoxy groups -OCH3 is 1. The van der Waals surface area contributed by atoms with Crippen LogP contribution in [0.25, 0.3) is 16.8 Å². The van der Waals surface area contributed by atoms with Crippen LogP contribution >= 0.6 is 0 Å². The molecule has 1 aliphatic heterocycles. The molecule has 1 aliphatic rings. The lowest BCUT2D eigenvalue weighted by Crippen LogP contribution is -2.51. The number of hydrogen-bond donors (Lipinski definition) is 2. The number of hydrogen-bond acceptors (Lipinski definition) is 6. The molecule has 1 amide bonds. The van der Waals surface area contributed by atoms with E-state index < -0.39 is 6.17 Å². The standard InChI is InChI=1S/C23H21FN6O2/c1-32-20-10-15(22(31)29-12-17(24)13-29)4-8-19(20)26-23-27-21-9-5-16(11-30(21)28-23)14-2-6-18(25)7-3-14/h2-11,17H,12-13,25H2,1H3,(H,26,28).